The van der Waals surface area contributed by atoms with Gasteiger partial charge in [-0.25, -0.2) is 0 Å². The summed E-state index contributed by atoms with van der Waals surface area (Å²) in [6.07, 6.45) is -17.6. The van der Waals surface area contributed by atoms with Crippen LogP contribution in [0, 0.1) is 0 Å². The van der Waals surface area contributed by atoms with Gasteiger partial charge in [-0.1, -0.05) is 202 Å². The van der Waals surface area contributed by atoms with Crippen LogP contribution in [0.5, 0.6) is 0 Å². The summed E-state index contributed by atoms with van der Waals surface area (Å²) in [7, 11) is -1.64. The SMILES string of the molecule is CC(=O)CCC(=O)OC[C@H]1O[C@@H](O[C@@H]2[C@H](OCc3ccccc3)[C@@H](OCc3ccccc3)[C@H](O[C@H]3[C@H](OCc4ccccc4)[C@@H](OCc4ccccc4)[C@H](OCC[Si](C)(C)C)O[C@@H]3COCc3ccccc3)O[C@@H]2COCc2ccccc2)[C@H](NC(C)=O)[C@@H](O)[C@H]1O. The summed E-state index contributed by atoms with van der Waals surface area (Å²) in [6.45, 7) is 9.92. The van der Waals surface area contributed by atoms with Crippen molar-refractivity contribution in [3.63, 3.8) is 0 Å². The maximum atomic E-state index is 13.1. The van der Waals surface area contributed by atoms with Crippen LogP contribution in [0.15, 0.2) is 182 Å². The number of nitrogens with one attached hydrogen (secondary N) is 1. The smallest absolute Gasteiger partial charge is 0.306 e. The number of aliphatic hydroxyl groups is 2. The fraction of sp³-hybridized carbons (Fsp3) is 0.458. The molecule has 3 N–H and O–H groups in total. The molecule has 0 unspecified atom stereocenters. The maximum absolute atomic E-state index is 13.1. The Hall–Kier alpha value is -6.41. The molecule has 20 heteroatoms. The third kappa shape index (κ3) is 21.6. The molecule has 15 atom stereocenters. The van der Waals surface area contributed by atoms with Gasteiger partial charge in [-0.2, -0.15) is 0 Å². The molecule has 6 aromatic rings. The molecule has 0 bridgehead atoms. The summed E-state index contributed by atoms with van der Waals surface area (Å²) in [4.78, 5) is 37.8. The van der Waals surface area contributed by atoms with E-state index in [2.05, 4.69) is 25.0 Å². The molecule has 3 heterocycles. The Morgan fingerprint density at radius 1 is 0.424 bits per heavy atom. The van der Waals surface area contributed by atoms with Crippen LogP contribution < -0.4 is 5.32 Å². The first-order chi connectivity index (χ1) is 44.6. The van der Waals surface area contributed by atoms with Gasteiger partial charge in [-0.15, -0.1) is 0 Å². The highest BCUT2D eigenvalue weighted by atomic mass is 28.3. The molecule has 3 fully saturated rings. The fourth-order valence-corrected chi connectivity index (χ4v) is 11.8. The van der Waals surface area contributed by atoms with Gasteiger partial charge in [0.25, 0.3) is 0 Å². The Morgan fingerprint density at radius 2 is 0.793 bits per heavy atom. The normalized spacial score (nSPS) is 26.6. The second-order valence-electron chi connectivity index (χ2n) is 24.7. The number of aliphatic hydroxyl groups excluding tert-OH is 2. The molecule has 494 valence electrons. The van der Waals surface area contributed by atoms with E-state index in [4.69, 9.17) is 61.6 Å². The summed E-state index contributed by atoms with van der Waals surface area (Å²) in [6, 6.07) is 57.7. The van der Waals surface area contributed by atoms with Crippen molar-refractivity contribution in [2.45, 2.75) is 184 Å². The van der Waals surface area contributed by atoms with Crippen LogP contribution in [0.1, 0.15) is 60.1 Å². The van der Waals surface area contributed by atoms with Gasteiger partial charge >= 0.3 is 5.97 Å². The van der Waals surface area contributed by atoms with Crippen LogP contribution in [-0.4, -0.2) is 154 Å². The third-order valence-electron chi connectivity index (χ3n) is 16.0. The highest BCUT2D eigenvalue weighted by Gasteiger charge is 2.57. The number of carbonyl (C=O) groups excluding carboxylic acids is 3. The topological polar surface area (TPSA) is 224 Å². The minimum absolute atomic E-state index is 0.000526. The van der Waals surface area contributed by atoms with E-state index in [9.17, 15) is 24.6 Å². The van der Waals surface area contributed by atoms with E-state index in [1.807, 2.05) is 182 Å². The summed E-state index contributed by atoms with van der Waals surface area (Å²) in [5.41, 5.74) is 5.22. The van der Waals surface area contributed by atoms with Crippen molar-refractivity contribution in [3.8, 4) is 0 Å². The standard InChI is InChI=1S/C72H89NO18Si/c1-49(74)36-37-60(76)82-48-57-62(77)63(78)61(73-50(2)75)70(87-57)90-64-59(47-80-41-52-26-14-7-15-27-52)89-72(69(86-45-56-34-22-11-23-35-56)67(64)84-43-54-30-18-9-19-31-54)91-65-58(46-79-40-51-24-12-6-13-25-51)88-71(81-38-39-92(3,4)5)68(85-44-55-32-20-10-21-33-55)66(65)83-42-53-28-16-8-17-29-53/h6-35,57-59,61-72,77-78H,36-48H2,1-5H3,(H,73,75)/t57-,58-,59-,61-,62+,63-,64+,65-,66+,67+,68-,69-,70+,71-,72+/m1/s1. The van der Waals surface area contributed by atoms with Crippen molar-refractivity contribution < 1.29 is 86.2 Å². The van der Waals surface area contributed by atoms with Gasteiger partial charge in [-0.05, 0) is 46.3 Å². The monoisotopic (exact) mass is 1280 g/mol. The molecule has 6 aromatic carbocycles. The number of hydrogen-bond acceptors (Lipinski definition) is 18. The molecule has 3 aliphatic rings. The summed E-state index contributed by atoms with van der Waals surface area (Å²) >= 11 is 0. The first-order valence-corrected chi connectivity index (χ1v) is 35.4. The number of ketones is 1. The number of ether oxygens (including phenoxy) is 13. The Balaban J connectivity index is 1.16. The molecule has 0 aliphatic carbocycles. The van der Waals surface area contributed by atoms with Gasteiger partial charge in [0.15, 0.2) is 18.9 Å². The molecule has 0 spiro atoms. The van der Waals surface area contributed by atoms with Gasteiger partial charge in [0, 0.05) is 28.0 Å². The van der Waals surface area contributed by atoms with Crippen molar-refractivity contribution in [1.82, 2.24) is 5.32 Å². The Morgan fingerprint density at radius 3 is 1.20 bits per heavy atom. The van der Waals surface area contributed by atoms with E-state index in [1.165, 1.54) is 13.8 Å². The van der Waals surface area contributed by atoms with Crippen LogP contribution >= 0.6 is 0 Å². The van der Waals surface area contributed by atoms with Crippen molar-refractivity contribution in [2.24, 2.45) is 0 Å². The van der Waals surface area contributed by atoms with Crippen molar-refractivity contribution >= 4 is 25.7 Å². The Kier molecular flexibility index (Phi) is 27.2. The minimum Gasteiger partial charge on any atom is -0.463 e. The lowest BCUT2D eigenvalue weighted by atomic mass is 9.94. The first-order valence-electron chi connectivity index (χ1n) is 31.7. The maximum Gasteiger partial charge on any atom is 0.306 e. The molecule has 0 radical (unpaired) electrons. The molecule has 0 aromatic heterocycles. The predicted octanol–water partition coefficient (Wildman–Crippen LogP) is 9.20. The lowest BCUT2D eigenvalue weighted by Gasteiger charge is -2.51. The molecule has 3 aliphatic heterocycles. The van der Waals surface area contributed by atoms with Crippen LogP contribution in [-0.2, 0) is 116 Å². The molecule has 0 saturated carbocycles. The summed E-state index contributed by atoms with van der Waals surface area (Å²) in [5.74, 6) is -1.50. The highest BCUT2D eigenvalue weighted by molar-refractivity contribution is 6.76. The summed E-state index contributed by atoms with van der Waals surface area (Å²) < 4.78 is 90.0. The molecule has 1 amide bonds. The highest BCUT2D eigenvalue weighted by Crippen LogP contribution is 2.38. The third-order valence-corrected chi connectivity index (χ3v) is 17.7. The van der Waals surface area contributed by atoms with Crippen LogP contribution in [0.2, 0.25) is 25.7 Å². The van der Waals surface area contributed by atoms with Crippen LogP contribution in [0.3, 0.4) is 0 Å². The number of Topliss-reactive ketones (excluding diaryl/α,β-unsaturated/α-hetero) is 1. The Labute approximate surface area is 540 Å². The number of carbonyl (C=O) groups is 3. The Bertz CT molecular complexity index is 3100. The number of rotatable bonds is 34. The molecule has 19 nitrogen and oxygen atoms in total. The number of benzene rings is 6. The van der Waals surface area contributed by atoms with Crippen LogP contribution in [0.25, 0.3) is 0 Å². The first kappa shape index (κ1) is 69.9. The van der Waals surface area contributed by atoms with E-state index < -0.39 is 119 Å². The van der Waals surface area contributed by atoms with Crippen molar-refractivity contribution in [1.29, 1.82) is 0 Å². The van der Waals surface area contributed by atoms with E-state index in [0.717, 1.165) is 39.4 Å². The fourth-order valence-electron chi connectivity index (χ4n) is 11.0. The average Bonchev–Trinajstić information content (AvgIpc) is 0.775. The molecule has 9 rings (SSSR count). The van der Waals surface area contributed by atoms with Crippen molar-refractivity contribution in [2.75, 3.05) is 26.4 Å². The van der Waals surface area contributed by atoms with Gasteiger partial charge in [0.05, 0.1) is 59.3 Å². The zero-order valence-electron chi connectivity index (χ0n) is 53.1. The molecular weight excluding hydrogens is 1190 g/mol. The lowest BCUT2D eigenvalue weighted by molar-refractivity contribution is -0.387. The minimum atomic E-state index is -1.72. The molecule has 3 saturated heterocycles. The van der Waals surface area contributed by atoms with Gasteiger partial charge in [0.1, 0.15) is 85.6 Å². The van der Waals surface area contributed by atoms with E-state index in [0.29, 0.717) is 6.61 Å². The largest absolute Gasteiger partial charge is 0.463 e. The molecule has 92 heavy (non-hydrogen) atoms. The second kappa shape index (κ2) is 35.7. The average molecular weight is 1280 g/mol. The number of esters is 1. The van der Waals surface area contributed by atoms with Gasteiger partial charge < -0.3 is 81.9 Å². The quantitative estimate of drug-likeness (QED) is 0.0253. The van der Waals surface area contributed by atoms with Gasteiger partial charge in [-0.3, -0.25) is 9.59 Å². The van der Waals surface area contributed by atoms with E-state index in [-0.39, 0.29) is 71.5 Å². The van der Waals surface area contributed by atoms with Crippen molar-refractivity contribution in [3.05, 3.63) is 215 Å². The number of hydrogen-bond donors (Lipinski definition) is 3. The number of amides is 1. The van der Waals surface area contributed by atoms with Crippen LogP contribution in [0.4, 0.5) is 0 Å². The van der Waals surface area contributed by atoms with E-state index >= 15 is 0 Å². The zero-order valence-corrected chi connectivity index (χ0v) is 54.1. The predicted molar refractivity (Wildman–Crippen MR) is 343 cm³/mol. The second-order valence-corrected chi connectivity index (χ2v) is 30.3. The summed E-state index contributed by atoms with van der Waals surface area (Å²) in [5, 5.41) is 26.3. The zero-order chi connectivity index (χ0) is 64.7. The van der Waals surface area contributed by atoms with Gasteiger partial charge in [0.2, 0.25) is 5.91 Å². The van der Waals surface area contributed by atoms with E-state index in [1.54, 1.807) is 0 Å². The molecular formula is C72H89NO18Si. The lowest BCUT2D eigenvalue weighted by Crippen LogP contribution is -2.69.